The van der Waals surface area contributed by atoms with Gasteiger partial charge in [-0.15, -0.1) is 0 Å². The molecule has 0 spiro atoms. The number of carbonyl (C=O) groups excluding carboxylic acids is 1. The average molecular weight is 543 g/mol. The minimum Gasteiger partial charge on any atom is -0.478 e. The third-order valence-corrected chi connectivity index (χ3v) is 7.79. The van der Waals surface area contributed by atoms with E-state index < -0.39 is 11.6 Å². The highest BCUT2D eigenvalue weighted by Crippen LogP contribution is 2.28. The predicted molar refractivity (Wildman–Crippen MR) is 160 cm³/mol. The fourth-order valence-electron chi connectivity index (χ4n) is 5.22. The quantitative estimate of drug-likeness (QED) is 0.248. The molecule has 6 nitrogen and oxygen atoms in total. The van der Waals surface area contributed by atoms with Crippen molar-refractivity contribution in [3.63, 3.8) is 0 Å². The van der Waals surface area contributed by atoms with Gasteiger partial charge in [0.25, 0.3) is 0 Å². The largest absolute Gasteiger partial charge is 0.478 e. The Bertz CT molecular complexity index is 1290. The SMILES string of the molecule is CCCCc1cc(CCCC2CN(Cc3ccc(-c4ccccc4)cc3)C(=O)N2C)ccc1OC(C)(C)C(=O)O. The van der Waals surface area contributed by atoms with Crippen molar-refractivity contribution in [2.75, 3.05) is 13.6 Å². The molecule has 0 aliphatic carbocycles. The fourth-order valence-corrected chi connectivity index (χ4v) is 5.22. The van der Waals surface area contributed by atoms with Crippen molar-refractivity contribution in [3.8, 4) is 16.9 Å². The second-order valence-electron chi connectivity index (χ2n) is 11.3. The molecule has 1 saturated heterocycles. The number of amides is 2. The van der Waals surface area contributed by atoms with Crippen LogP contribution in [-0.2, 0) is 24.2 Å². The van der Waals surface area contributed by atoms with E-state index in [-0.39, 0.29) is 12.1 Å². The van der Waals surface area contributed by atoms with Gasteiger partial charge in [0.05, 0.1) is 6.04 Å². The summed E-state index contributed by atoms with van der Waals surface area (Å²) in [7, 11) is 1.91. The normalized spacial score (nSPS) is 15.5. The Labute approximate surface area is 238 Å². The third-order valence-electron chi connectivity index (χ3n) is 7.79. The van der Waals surface area contributed by atoms with Crippen molar-refractivity contribution in [1.82, 2.24) is 9.80 Å². The number of aliphatic carboxylic acids is 1. The first kappa shape index (κ1) is 29.2. The van der Waals surface area contributed by atoms with E-state index in [1.807, 2.05) is 47.2 Å². The maximum absolute atomic E-state index is 13.0. The number of ether oxygens (including phenoxy) is 1. The van der Waals surface area contributed by atoms with Gasteiger partial charge in [0.15, 0.2) is 5.60 Å². The van der Waals surface area contributed by atoms with Crippen LogP contribution in [-0.4, -0.2) is 52.1 Å². The van der Waals surface area contributed by atoms with Gasteiger partial charge in [0.2, 0.25) is 0 Å². The first-order valence-corrected chi connectivity index (χ1v) is 14.4. The molecule has 1 unspecified atom stereocenters. The summed E-state index contributed by atoms with van der Waals surface area (Å²) < 4.78 is 5.90. The summed E-state index contributed by atoms with van der Waals surface area (Å²) in [5.74, 6) is -0.329. The van der Waals surface area contributed by atoms with E-state index in [2.05, 4.69) is 49.4 Å². The molecule has 0 radical (unpaired) electrons. The molecule has 3 aromatic rings. The zero-order valence-electron chi connectivity index (χ0n) is 24.2. The Balaban J connectivity index is 1.33. The summed E-state index contributed by atoms with van der Waals surface area (Å²) in [5, 5.41) is 9.48. The van der Waals surface area contributed by atoms with Crippen molar-refractivity contribution < 1.29 is 19.4 Å². The fraction of sp³-hybridized carbons (Fsp3) is 0.412. The van der Waals surface area contributed by atoms with Gasteiger partial charge >= 0.3 is 12.0 Å². The van der Waals surface area contributed by atoms with E-state index in [4.69, 9.17) is 4.74 Å². The number of unbranched alkanes of at least 4 members (excludes halogenated alkanes) is 1. The van der Waals surface area contributed by atoms with Crippen LogP contribution >= 0.6 is 0 Å². The molecule has 1 atom stereocenters. The molecule has 1 aliphatic rings. The Hall–Kier alpha value is -3.80. The Morgan fingerprint density at radius 1 is 0.950 bits per heavy atom. The molecule has 2 amide bonds. The Kier molecular flexibility index (Phi) is 9.51. The molecule has 1 heterocycles. The lowest BCUT2D eigenvalue weighted by atomic mass is 9.99. The van der Waals surface area contributed by atoms with E-state index in [1.54, 1.807) is 13.8 Å². The number of carbonyl (C=O) groups is 2. The second kappa shape index (κ2) is 13.0. The number of urea groups is 1. The van der Waals surface area contributed by atoms with Crippen LogP contribution in [0.3, 0.4) is 0 Å². The monoisotopic (exact) mass is 542 g/mol. The van der Waals surface area contributed by atoms with Gasteiger partial charge in [0, 0.05) is 20.1 Å². The van der Waals surface area contributed by atoms with Crippen molar-refractivity contribution >= 4 is 12.0 Å². The lowest BCUT2D eigenvalue weighted by Gasteiger charge is -2.24. The van der Waals surface area contributed by atoms with Crippen molar-refractivity contribution in [2.24, 2.45) is 0 Å². The molecule has 40 heavy (non-hydrogen) atoms. The molecule has 1 N–H and O–H groups in total. The van der Waals surface area contributed by atoms with Crippen LogP contribution in [0, 0.1) is 0 Å². The molecule has 0 saturated carbocycles. The Morgan fingerprint density at radius 3 is 2.30 bits per heavy atom. The average Bonchev–Trinajstić information content (AvgIpc) is 3.21. The molecule has 3 aromatic carbocycles. The zero-order valence-corrected chi connectivity index (χ0v) is 24.2. The number of benzene rings is 3. The molecule has 4 rings (SSSR count). The molecule has 6 heteroatoms. The summed E-state index contributed by atoms with van der Waals surface area (Å²) in [6, 6.07) is 25.2. The van der Waals surface area contributed by atoms with Crippen LogP contribution in [0.2, 0.25) is 0 Å². The molecule has 212 valence electrons. The van der Waals surface area contributed by atoms with Gasteiger partial charge in [-0.2, -0.15) is 0 Å². The maximum Gasteiger partial charge on any atom is 0.347 e. The lowest BCUT2D eigenvalue weighted by molar-refractivity contribution is -0.152. The van der Waals surface area contributed by atoms with E-state index in [1.165, 1.54) is 16.7 Å². The highest BCUT2D eigenvalue weighted by atomic mass is 16.5. The summed E-state index contributed by atoms with van der Waals surface area (Å²) in [4.78, 5) is 28.4. The van der Waals surface area contributed by atoms with Gasteiger partial charge in [-0.05, 0) is 79.8 Å². The number of likely N-dealkylation sites (N-methyl/N-ethyl adjacent to an activating group) is 1. The van der Waals surface area contributed by atoms with Gasteiger partial charge in [-0.25, -0.2) is 9.59 Å². The Morgan fingerprint density at radius 2 is 1.62 bits per heavy atom. The number of nitrogens with zero attached hydrogens (tertiary/aromatic N) is 2. The van der Waals surface area contributed by atoms with Gasteiger partial charge < -0.3 is 19.6 Å². The van der Waals surface area contributed by atoms with Crippen LogP contribution in [0.1, 0.15) is 63.1 Å². The molecular formula is C34H42N2O4. The topological polar surface area (TPSA) is 70.1 Å². The van der Waals surface area contributed by atoms with Gasteiger partial charge in [-0.3, -0.25) is 0 Å². The number of rotatable bonds is 13. The highest BCUT2D eigenvalue weighted by Gasteiger charge is 2.34. The van der Waals surface area contributed by atoms with Crippen LogP contribution in [0.25, 0.3) is 11.1 Å². The maximum atomic E-state index is 13.0. The second-order valence-corrected chi connectivity index (χ2v) is 11.3. The van der Waals surface area contributed by atoms with E-state index in [0.29, 0.717) is 12.3 Å². The van der Waals surface area contributed by atoms with Crippen LogP contribution in [0.15, 0.2) is 72.8 Å². The number of carboxylic acids is 1. The zero-order chi connectivity index (χ0) is 28.7. The molecule has 1 fully saturated rings. The first-order chi connectivity index (χ1) is 19.2. The number of aryl methyl sites for hydroxylation is 2. The summed E-state index contributed by atoms with van der Waals surface area (Å²) >= 11 is 0. The standard InChI is InChI=1S/C34H42N2O4/c1-5-6-12-29-22-25(18-21-31(29)40-34(2,3)32(37)38)11-10-15-30-24-36(33(39)35(30)4)23-26-16-19-28(20-17-26)27-13-8-7-9-14-27/h7-9,13-14,16-22,30H,5-6,10-12,15,23-24H2,1-4H3,(H,37,38). The van der Waals surface area contributed by atoms with Crippen molar-refractivity contribution in [2.45, 2.75) is 77.5 Å². The third kappa shape index (κ3) is 7.23. The van der Waals surface area contributed by atoms with E-state index in [0.717, 1.165) is 56.2 Å². The van der Waals surface area contributed by atoms with Crippen molar-refractivity contribution in [3.05, 3.63) is 89.5 Å². The summed E-state index contributed by atoms with van der Waals surface area (Å²) in [6.45, 7) is 6.65. The predicted octanol–water partition coefficient (Wildman–Crippen LogP) is 7.20. The smallest absolute Gasteiger partial charge is 0.347 e. The van der Waals surface area contributed by atoms with E-state index >= 15 is 0 Å². The number of carboxylic acid groups (broad SMARTS) is 1. The minimum atomic E-state index is -1.28. The van der Waals surface area contributed by atoms with Gasteiger partial charge in [0.1, 0.15) is 5.75 Å². The highest BCUT2D eigenvalue weighted by molar-refractivity contribution is 5.77. The molecule has 1 aliphatic heterocycles. The summed E-state index contributed by atoms with van der Waals surface area (Å²) in [6.07, 6.45) is 5.74. The molecule has 0 aromatic heterocycles. The number of hydrogen-bond donors (Lipinski definition) is 1. The van der Waals surface area contributed by atoms with Crippen LogP contribution < -0.4 is 4.74 Å². The first-order valence-electron chi connectivity index (χ1n) is 14.4. The van der Waals surface area contributed by atoms with Crippen LogP contribution in [0.5, 0.6) is 5.75 Å². The van der Waals surface area contributed by atoms with E-state index in [9.17, 15) is 14.7 Å². The minimum absolute atomic E-state index is 0.0848. The van der Waals surface area contributed by atoms with Crippen LogP contribution in [0.4, 0.5) is 4.79 Å². The molecular weight excluding hydrogens is 500 g/mol. The van der Waals surface area contributed by atoms with Gasteiger partial charge in [-0.1, -0.05) is 80.1 Å². The number of hydrogen-bond acceptors (Lipinski definition) is 3. The lowest BCUT2D eigenvalue weighted by Crippen LogP contribution is -2.38. The van der Waals surface area contributed by atoms with Crippen molar-refractivity contribution in [1.29, 1.82) is 0 Å². The summed E-state index contributed by atoms with van der Waals surface area (Å²) in [5.41, 5.74) is 4.50. The molecule has 0 bridgehead atoms.